The van der Waals surface area contributed by atoms with Gasteiger partial charge in [0.15, 0.2) is 5.96 Å². The molecule has 3 heterocycles. The van der Waals surface area contributed by atoms with Crippen LogP contribution in [-0.4, -0.2) is 66.2 Å². The van der Waals surface area contributed by atoms with Crippen LogP contribution in [0.1, 0.15) is 24.0 Å². The molecular weight excluding hydrogens is 481 g/mol. The number of guanidine groups is 1. The van der Waals surface area contributed by atoms with Crippen LogP contribution in [0.25, 0.3) is 0 Å². The van der Waals surface area contributed by atoms with Crippen molar-refractivity contribution >= 4 is 29.9 Å². The highest BCUT2D eigenvalue weighted by atomic mass is 127. The highest BCUT2D eigenvalue weighted by Crippen LogP contribution is 2.21. The van der Waals surface area contributed by atoms with Gasteiger partial charge >= 0.3 is 0 Å². The molecule has 2 aromatic rings. The first kappa shape index (κ1) is 22.0. The molecule has 1 aromatic heterocycles. The van der Waals surface area contributed by atoms with Gasteiger partial charge in [0.1, 0.15) is 6.10 Å². The predicted molar refractivity (Wildman–Crippen MR) is 124 cm³/mol. The second-order valence-electron chi connectivity index (χ2n) is 7.34. The molecule has 158 valence electrons. The normalized spacial score (nSPS) is 22.4. The van der Waals surface area contributed by atoms with Crippen LogP contribution in [0.4, 0.5) is 0 Å². The Hall–Kier alpha value is -1.65. The Kier molecular flexibility index (Phi) is 8.31. The van der Waals surface area contributed by atoms with Gasteiger partial charge in [0.25, 0.3) is 0 Å². The van der Waals surface area contributed by atoms with E-state index in [1.165, 1.54) is 5.56 Å². The fourth-order valence-corrected chi connectivity index (χ4v) is 3.86. The number of morpholine rings is 1. The number of aliphatic imine (C=N–C) groups is 1. The molecule has 2 aliphatic rings. The van der Waals surface area contributed by atoms with Crippen LogP contribution >= 0.6 is 24.0 Å². The van der Waals surface area contributed by atoms with E-state index >= 15 is 0 Å². The van der Waals surface area contributed by atoms with Gasteiger partial charge in [-0.05, 0) is 18.4 Å². The molecule has 1 aromatic carbocycles. The van der Waals surface area contributed by atoms with Crippen molar-refractivity contribution in [1.29, 1.82) is 0 Å². The van der Waals surface area contributed by atoms with Gasteiger partial charge in [0, 0.05) is 45.0 Å². The third-order valence-corrected chi connectivity index (χ3v) is 5.31. The third kappa shape index (κ3) is 5.93. The summed E-state index contributed by atoms with van der Waals surface area (Å²) in [7, 11) is 1.83. The van der Waals surface area contributed by atoms with E-state index in [4.69, 9.17) is 9.47 Å². The molecule has 0 saturated carbocycles. The summed E-state index contributed by atoms with van der Waals surface area (Å²) in [5, 5.41) is 7.95. The highest BCUT2D eigenvalue weighted by molar-refractivity contribution is 14.0. The van der Waals surface area contributed by atoms with Crippen LogP contribution in [0, 0.1) is 0 Å². The molecule has 0 bridgehead atoms. The lowest BCUT2D eigenvalue weighted by molar-refractivity contribution is -0.0817. The van der Waals surface area contributed by atoms with E-state index in [1.54, 1.807) is 0 Å². The molecule has 2 fully saturated rings. The minimum atomic E-state index is 0. The molecule has 2 aliphatic heterocycles. The van der Waals surface area contributed by atoms with Gasteiger partial charge in [-0.3, -0.25) is 9.67 Å². The van der Waals surface area contributed by atoms with Gasteiger partial charge in [-0.1, -0.05) is 30.3 Å². The molecule has 4 rings (SSSR count). The van der Waals surface area contributed by atoms with Crippen molar-refractivity contribution in [3.63, 3.8) is 0 Å². The number of benzene rings is 1. The third-order valence-electron chi connectivity index (χ3n) is 5.31. The second kappa shape index (κ2) is 10.9. The minimum Gasteiger partial charge on any atom is -0.375 e. The average Bonchev–Trinajstić information content (AvgIpc) is 3.42. The van der Waals surface area contributed by atoms with Crippen molar-refractivity contribution in [3.8, 4) is 0 Å². The zero-order chi connectivity index (χ0) is 19.2. The molecular formula is C21H30IN5O2. The molecule has 0 radical (unpaired) electrons. The lowest BCUT2D eigenvalue weighted by atomic mass is 10.1. The van der Waals surface area contributed by atoms with Crippen LogP contribution in [0.2, 0.25) is 0 Å². The van der Waals surface area contributed by atoms with Gasteiger partial charge in [0.2, 0.25) is 0 Å². The number of ether oxygens (including phenoxy) is 2. The van der Waals surface area contributed by atoms with Gasteiger partial charge < -0.3 is 19.7 Å². The second-order valence-corrected chi connectivity index (χ2v) is 7.34. The molecule has 2 atom stereocenters. The topological polar surface area (TPSA) is 63.9 Å². The number of hydrogen-bond acceptors (Lipinski definition) is 4. The summed E-state index contributed by atoms with van der Waals surface area (Å²) in [6, 6.07) is 10.4. The summed E-state index contributed by atoms with van der Waals surface area (Å²) < 4.78 is 13.7. The van der Waals surface area contributed by atoms with Crippen LogP contribution in [0.3, 0.4) is 0 Å². The molecule has 0 amide bonds. The van der Waals surface area contributed by atoms with E-state index < -0.39 is 0 Å². The van der Waals surface area contributed by atoms with Crippen LogP contribution < -0.4 is 5.32 Å². The fourth-order valence-electron chi connectivity index (χ4n) is 3.86. The Bertz CT molecular complexity index is 776. The van der Waals surface area contributed by atoms with Crippen molar-refractivity contribution in [3.05, 3.63) is 53.9 Å². The van der Waals surface area contributed by atoms with E-state index in [0.29, 0.717) is 13.2 Å². The maximum Gasteiger partial charge on any atom is 0.194 e. The Balaban J connectivity index is 0.00000240. The zero-order valence-electron chi connectivity index (χ0n) is 16.9. The highest BCUT2D eigenvalue weighted by Gasteiger charge is 2.32. The molecule has 8 heteroatoms. The SMILES string of the molecule is CN=C(NCc1cnn(Cc2ccccc2)c1)N1CCOC(C2CCCO2)C1.I. The van der Waals surface area contributed by atoms with Gasteiger partial charge in [0.05, 0.1) is 25.5 Å². The number of nitrogens with zero attached hydrogens (tertiary/aromatic N) is 4. The summed E-state index contributed by atoms with van der Waals surface area (Å²) in [4.78, 5) is 6.74. The van der Waals surface area contributed by atoms with Crippen LogP contribution in [0.5, 0.6) is 0 Å². The number of halogens is 1. The summed E-state index contributed by atoms with van der Waals surface area (Å²) in [5.74, 6) is 0.905. The molecule has 0 spiro atoms. The Labute approximate surface area is 189 Å². The van der Waals surface area contributed by atoms with E-state index in [9.17, 15) is 0 Å². The summed E-state index contributed by atoms with van der Waals surface area (Å²) in [6.07, 6.45) is 6.57. The monoisotopic (exact) mass is 511 g/mol. The van der Waals surface area contributed by atoms with Gasteiger partial charge in [-0.2, -0.15) is 5.10 Å². The lowest BCUT2D eigenvalue weighted by Gasteiger charge is -2.37. The lowest BCUT2D eigenvalue weighted by Crippen LogP contribution is -2.53. The van der Waals surface area contributed by atoms with Gasteiger partial charge in [-0.25, -0.2) is 0 Å². The van der Waals surface area contributed by atoms with Crippen molar-refractivity contribution in [1.82, 2.24) is 20.0 Å². The van der Waals surface area contributed by atoms with E-state index in [1.807, 2.05) is 24.0 Å². The van der Waals surface area contributed by atoms with Crippen LogP contribution in [0.15, 0.2) is 47.7 Å². The first-order valence-corrected chi connectivity index (χ1v) is 10.1. The number of rotatable bonds is 5. The molecule has 2 saturated heterocycles. The van der Waals surface area contributed by atoms with Gasteiger partial charge in [-0.15, -0.1) is 24.0 Å². The van der Waals surface area contributed by atoms with Crippen LogP contribution in [-0.2, 0) is 22.6 Å². The van der Waals surface area contributed by atoms with Crippen molar-refractivity contribution < 1.29 is 9.47 Å². The first-order valence-electron chi connectivity index (χ1n) is 10.1. The minimum absolute atomic E-state index is 0. The Morgan fingerprint density at radius 3 is 2.76 bits per heavy atom. The number of nitrogens with one attached hydrogen (secondary N) is 1. The molecule has 0 aliphatic carbocycles. The van der Waals surface area contributed by atoms with Crippen molar-refractivity contribution in [2.45, 2.75) is 38.1 Å². The maximum atomic E-state index is 5.95. The fraction of sp³-hybridized carbons (Fsp3) is 0.524. The quantitative estimate of drug-likeness (QED) is 0.380. The number of hydrogen-bond donors (Lipinski definition) is 1. The summed E-state index contributed by atoms with van der Waals surface area (Å²) >= 11 is 0. The number of aromatic nitrogens is 2. The molecule has 2 unspecified atom stereocenters. The van der Waals surface area contributed by atoms with E-state index in [-0.39, 0.29) is 36.2 Å². The first-order chi connectivity index (χ1) is 13.8. The molecule has 29 heavy (non-hydrogen) atoms. The standard InChI is InChI=1S/C21H29N5O2.HI/c1-22-21(25-9-11-28-20(16-25)19-8-5-10-27-19)23-12-18-13-24-26(15-18)14-17-6-3-2-4-7-17;/h2-4,6-7,13,15,19-20H,5,8-12,14,16H2,1H3,(H,22,23);1H. The molecule has 7 nitrogen and oxygen atoms in total. The summed E-state index contributed by atoms with van der Waals surface area (Å²) in [6.45, 7) is 4.70. The van der Waals surface area contributed by atoms with Crippen molar-refractivity contribution in [2.24, 2.45) is 4.99 Å². The van der Waals surface area contributed by atoms with Crippen molar-refractivity contribution in [2.75, 3.05) is 33.4 Å². The zero-order valence-corrected chi connectivity index (χ0v) is 19.2. The van der Waals surface area contributed by atoms with E-state index in [0.717, 1.165) is 50.6 Å². The molecule has 1 N–H and O–H groups in total. The maximum absolute atomic E-state index is 5.95. The Morgan fingerprint density at radius 1 is 1.17 bits per heavy atom. The summed E-state index contributed by atoms with van der Waals surface area (Å²) in [5.41, 5.74) is 2.38. The smallest absolute Gasteiger partial charge is 0.194 e. The Morgan fingerprint density at radius 2 is 2.00 bits per heavy atom. The predicted octanol–water partition coefficient (Wildman–Crippen LogP) is 2.50. The van der Waals surface area contributed by atoms with E-state index in [2.05, 4.69) is 50.8 Å². The largest absolute Gasteiger partial charge is 0.375 e. The average molecular weight is 511 g/mol.